The van der Waals surface area contributed by atoms with Crippen molar-refractivity contribution in [2.24, 2.45) is 5.92 Å². The molecule has 2 aromatic rings. The minimum atomic E-state index is 0.137. The molecule has 3 rings (SSSR count). The van der Waals surface area contributed by atoms with Gasteiger partial charge in [0.05, 0.1) is 19.6 Å². The monoisotopic (exact) mass is 379 g/mol. The van der Waals surface area contributed by atoms with E-state index in [0.717, 1.165) is 40.1 Å². The molecule has 2 heterocycles. The number of amides is 1. The van der Waals surface area contributed by atoms with Crippen molar-refractivity contribution in [3.63, 3.8) is 0 Å². The molecule has 0 bridgehead atoms. The Morgan fingerprint density at radius 2 is 1.82 bits per heavy atom. The van der Waals surface area contributed by atoms with Crippen LogP contribution in [0.15, 0.2) is 24.3 Å². The molecular weight excluding hydrogens is 348 g/mol. The lowest BCUT2D eigenvalue weighted by Crippen LogP contribution is -2.41. The Morgan fingerprint density at radius 1 is 1.18 bits per heavy atom. The van der Waals surface area contributed by atoms with Gasteiger partial charge in [-0.15, -0.1) is 0 Å². The highest BCUT2D eigenvalue weighted by molar-refractivity contribution is 5.84. The van der Waals surface area contributed by atoms with Crippen LogP contribution in [0.1, 0.15) is 41.9 Å². The molecule has 1 aliphatic heterocycles. The summed E-state index contributed by atoms with van der Waals surface area (Å²) in [6, 6.07) is 8.47. The molecule has 0 N–H and O–H groups in total. The third-order valence-electron chi connectivity index (χ3n) is 5.32. The quantitative estimate of drug-likeness (QED) is 0.784. The number of carbonyl (C=O) groups is 1. The summed E-state index contributed by atoms with van der Waals surface area (Å²) < 4.78 is 5.38. The summed E-state index contributed by atoms with van der Waals surface area (Å²) in [7, 11) is 0. The van der Waals surface area contributed by atoms with Crippen LogP contribution < -0.4 is 0 Å². The minimum Gasteiger partial charge on any atom is -0.378 e. The average Bonchev–Trinajstić information content (AvgIpc) is 2.67. The van der Waals surface area contributed by atoms with Crippen molar-refractivity contribution in [3.05, 3.63) is 59.3 Å². The smallest absolute Gasteiger partial charge is 0.227 e. The van der Waals surface area contributed by atoms with E-state index in [1.54, 1.807) is 0 Å². The van der Waals surface area contributed by atoms with Gasteiger partial charge >= 0.3 is 0 Å². The van der Waals surface area contributed by atoms with Gasteiger partial charge in [-0.3, -0.25) is 9.78 Å². The number of carbonyl (C=O) groups excluding carboxylic acids is 1. The van der Waals surface area contributed by atoms with Crippen molar-refractivity contribution in [3.8, 4) is 11.1 Å². The van der Waals surface area contributed by atoms with E-state index < -0.39 is 0 Å². The fourth-order valence-electron chi connectivity index (χ4n) is 3.76. The summed E-state index contributed by atoms with van der Waals surface area (Å²) in [6.45, 7) is 15.4. The lowest BCUT2D eigenvalue weighted by molar-refractivity contribution is -0.134. The molecule has 149 valence electrons. The number of aryl methyl sites for hydroxylation is 2. The number of pyridine rings is 1. The van der Waals surface area contributed by atoms with Gasteiger partial charge in [-0.2, -0.15) is 0 Å². The standard InChI is InChI=1S/C24H31N2O2/c1-16(2)14-22-18(4)24(20-8-6-17(3)7-9-20)21(19(5)25-22)15-23(27)26-10-12-28-13-11-26/h6-9,16H,4,10-15H2,1-3,5H3. The summed E-state index contributed by atoms with van der Waals surface area (Å²) in [5, 5.41) is 0. The molecule has 0 aliphatic carbocycles. The van der Waals surface area contributed by atoms with Crippen LogP contribution in [-0.4, -0.2) is 42.1 Å². The molecule has 4 nitrogen and oxygen atoms in total. The van der Waals surface area contributed by atoms with Gasteiger partial charge in [0.15, 0.2) is 0 Å². The zero-order valence-electron chi connectivity index (χ0n) is 17.5. The van der Waals surface area contributed by atoms with Crippen LogP contribution in [-0.2, 0) is 22.4 Å². The minimum absolute atomic E-state index is 0.137. The van der Waals surface area contributed by atoms with Crippen molar-refractivity contribution in [2.45, 2.75) is 40.5 Å². The summed E-state index contributed by atoms with van der Waals surface area (Å²) in [4.78, 5) is 19.7. The Morgan fingerprint density at radius 3 is 2.43 bits per heavy atom. The van der Waals surface area contributed by atoms with E-state index in [0.29, 0.717) is 38.6 Å². The Kier molecular flexibility index (Phi) is 6.50. The molecular formula is C24H31N2O2. The SMILES string of the molecule is [CH2]c1c(CC(C)C)nc(C)c(CC(=O)N2CCOCC2)c1-c1ccc(C)cc1. The van der Waals surface area contributed by atoms with Gasteiger partial charge in [0, 0.05) is 24.5 Å². The number of nitrogens with zero attached hydrogens (tertiary/aromatic N) is 2. The molecule has 0 atom stereocenters. The maximum atomic E-state index is 13.0. The second-order valence-electron chi connectivity index (χ2n) is 8.11. The maximum Gasteiger partial charge on any atom is 0.227 e. The zero-order chi connectivity index (χ0) is 20.3. The van der Waals surface area contributed by atoms with Crippen LogP contribution >= 0.6 is 0 Å². The topological polar surface area (TPSA) is 42.4 Å². The summed E-state index contributed by atoms with van der Waals surface area (Å²) in [6.07, 6.45) is 1.24. The number of benzene rings is 1. The van der Waals surface area contributed by atoms with Crippen molar-refractivity contribution in [1.29, 1.82) is 0 Å². The van der Waals surface area contributed by atoms with Crippen molar-refractivity contribution < 1.29 is 9.53 Å². The molecule has 1 aliphatic rings. The predicted octanol–water partition coefficient (Wildman–Crippen LogP) is 4.15. The number of aromatic nitrogens is 1. The van der Waals surface area contributed by atoms with Crippen LogP contribution in [0.4, 0.5) is 0 Å². The first-order chi connectivity index (χ1) is 13.4. The molecule has 1 aromatic heterocycles. The maximum absolute atomic E-state index is 13.0. The van der Waals surface area contributed by atoms with E-state index in [4.69, 9.17) is 9.72 Å². The van der Waals surface area contributed by atoms with Gasteiger partial charge in [0.2, 0.25) is 5.91 Å². The van der Waals surface area contributed by atoms with Gasteiger partial charge < -0.3 is 9.64 Å². The van der Waals surface area contributed by atoms with Crippen LogP contribution in [0.25, 0.3) is 11.1 Å². The van der Waals surface area contributed by atoms with E-state index in [-0.39, 0.29) is 5.91 Å². The first kappa shape index (κ1) is 20.5. The molecule has 1 saturated heterocycles. The molecule has 28 heavy (non-hydrogen) atoms. The van der Waals surface area contributed by atoms with E-state index in [2.05, 4.69) is 52.0 Å². The van der Waals surface area contributed by atoms with Crippen LogP contribution in [0.3, 0.4) is 0 Å². The third kappa shape index (κ3) is 4.61. The predicted molar refractivity (Wildman–Crippen MR) is 113 cm³/mol. The number of morpholine rings is 1. The molecule has 1 radical (unpaired) electrons. The summed E-state index contributed by atoms with van der Waals surface area (Å²) in [5.41, 5.74) is 7.31. The normalized spacial score (nSPS) is 14.6. The van der Waals surface area contributed by atoms with Crippen LogP contribution in [0.2, 0.25) is 0 Å². The van der Waals surface area contributed by atoms with Crippen LogP contribution in [0, 0.1) is 26.7 Å². The van der Waals surface area contributed by atoms with E-state index in [9.17, 15) is 4.79 Å². The van der Waals surface area contributed by atoms with Crippen molar-refractivity contribution in [1.82, 2.24) is 9.88 Å². The van der Waals surface area contributed by atoms with Gasteiger partial charge in [-0.25, -0.2) is 0 Å². The molecule has 0 unspecified atom stereocenters. The first-order valence-electron chi connectivity index (χ1n) is 10.1. The Balaban J connectivity index is 2.05. The van der Waals surface area contributed by atoms with Crippen molar-refractivity contribution >= 4 is 5.91 Å². The fraction of sp³-hybridized carbons (Fsp3) is 0.458. The van der Waals surface area contributed by atoms with Crippen LogP contribution in [0.5, 0.6) is 0 Å². The Labute approximate surface area is 168 Å². The largest absolute Gasteiger partial charge is 0.378 e. The van der Waals surface area contributed by atoms with Gasteiger partial charge in [0.1, 0.15) is 0 Å². The summed E-state index contributed by atoms with van der Waals surface area (Å²) in [5.74, 6) is 0.636. The second-order valence-corrected chi connectivity index (χ2v) is 8.11. The number of rotatable bonds is 5. The fourth-order valence-corrected chi connectivity index (χ4v) is 3.76. The Bertz CT molecular complexity index is 835. The highest BCUT2D eigenvalue weighted by Gasteiger charge is 2.23. The summed E-state index contributed by atoms with van der Waals surface area (Å²) >= 11 is 0. The van der Waals surface area contributed by atoms with Crippen molar-refractivity contribution in [2.75, 3.05) is 26.3 Å². The number of hydrogen-bond donors (Lipinski definition) is 0. The average molecular weight is 380 g/mol. The first-order valence-corrected chi connectivity index (χ1v) is 10.1. The van der Waals surface area contributed by atoms with Gasteiger partial charge in [-0.05, 0) is 55.4 Å². The third-order valence-corrected chi connectivity index (χ3v) is 5.32. The van der Waals surface area contributed by atoms with Gasteiger partial charge in [-0.1, -0.05) is 43.7 Å². The van der Waals surface area contributed by atoms with Gasteiger partial charge in [0.25, 0.3) is 0 Å². The molecule has 1 aromatic carbocycles. The molecule has 1 fully saturated rings. The van der Waals surface area contributed by atoms with E-state index in [1.165, 1.54) is 5.56 Å². The lowest BCUT2D eigenvalue weighted by atomic mass is 9.89. The molecule has 1 amide bonds. The Hall–Kier alpha value is -2.20. The lowest BCUT2D eigenvalue weighted by Gasteiger charge is -2.28. The number of hydrogen-bond acceptors (Lipinski definition) is 3. The molecule has 4 heteroatoms. The number of ether oxygens (including phenoxy) is 1. The highest BCUT2D eigenvalue weighted by Crippen LogP contribution is 2.32. The van der Waals surface area contributed by atoms with E-state index >= 15 is 0 Å². The highest BCUT2D eigenvalue weighted by atomic mass is 16.5. The molecule has 0 saturated carbocycles. The molecule has 0 spiro atoms. The zero-order valence-corrected chi connectivity index (χ0v) is 17.5. The second kappa shape index (κ2) is 8.87. The van der Waals surface area contributed by atoms with E-state index in [1.807, 2.05) is 11.8 Å².